The molecule has 196 valence electrons. The third kappa shape index (κ3) is 5.04. The van der Waals surface area contributed by atoms with Crippen LogP contribution < -0.4 is 9.47 Å². The van der Waals surface area contributed by atoms with E-state index in [-0.39, 0.29) is 17.9 Å². The van der Waals surface area contributed by atoms with Gasteiger partial charge >= 0.3 is 0 Å². The SMILES string of the molecule is CCCCOc1ccc(C2/C(=C(\O)c3c(C)nc4ccccn34)C(=O)C(=O)N2CCCOC)cc1OC. The van der Waals surface area contributed by atoms with Crippen molar-refractivity contribution in [1.82, 2.24) is 14.3 Å². The summed E-state index contributed by atoms with van der Waals surface area (Å²) >= 11 is 0. The molecule has 4 rings (SSSR count). The molecular weight excluding hydrogens is 474 g/mol. The lowest BCUT2D eigenvalue weighted by Gasteiger charge is -2.26. The topological polar surface area (TPSA) is 103 Å². The van der Waals surface area contributed by atoms with Crippen molar-refractivity contribution in [3.63, 3.8) is 0 Å². The van der Waals surface area contributed by atoms with Crippen molar-refractivity contribution in [1.29, 1.82) is 0 Å². The fourth-order valence-corrected chi connectivity index (χ4v) is 4.66. The van der Waals surface area contributed by atoms with E-state index in [4.69, 9.17) is 14.2 Å². The molecule has 1 N–H and O–H groups in total. The minimum atomic E-state index is -0.816. The van der Waals surface area contributed by atoms with E-state index in [1.165, 1.54) is 4.90 Å². The number of aliphatic hydroxyl groups excluding tert-OH is 1. The lowest BCUT2D eigenvalue weighted by atomic mass is 9.95. The van der Waals surface area contributed by atoms with Gasteiger partial charge in [-0.2, -0.15) is 0 Å². The van der Waals surface area contributed by atoms with Gasteiger partial charge < -0.3 is 24.2 Å². The molecule has 2 aromatic heterocycles. The van der Waals surface area contributed by atoms with E-state index < -0.39 is 17.7 Å². The molecule has 0 spiro atoms. The highest BCUT2D eigenvalue weighted by Gasteiger charge is 2.46. The van der Waals surface area contributed by atoms with Gasteiger partial charge in [-0.05, 0) is 49.6 Å². The zero-order valence-corrected chi connectivity index (χ0v) is 21.7. The summed E-state index contributed by atoms with van der Waals surface area (Å²) in [5.74, 6) is -0.615. The number of aryl methyl sites for hydroxylation is 1. The lowest BCUT2D eigenvalue weighted by Crippen LogP contribution is -2.31. The number of rotatable bonds is 11. The lowest BCUT2D eigenvalue weighted by molar-refractivity contribution is -0.140. The Balaban J connectivity index is 1.86. The monoisotopic (exact) mass is 507 g/mol. The van der Waals surface area contributed by atoms with Crippen LogP contribution in [0.15, 0.2) is 48.2 Å². The molecule has 1 unspecified atom stereocenters. The summed E-state index contributed by atoms with van der Waals surface area (Å²) in [6.45, 7) is 5.10. The van der Waals surface area contributed by atoms with Gasteiger partial charge in [-0.25, -0.2) is 4.98 Å². The van der Waals surface area contributed by atoms with Crippen LogP contribution in [-0.4, -0.2) is 65.1 Å². The third-order valence-electron chi connectivity index (χ3n) is 6.47. The average Bonchev–Trinajstić information content (AvgIpc) is 3.37. The number of Topliss-reactive ketones (excluding diaryl/α,β-unsaturated/α-hetero) is 1. The quantitative estimate of drug-likeness (QED) is 0.179. The van der Waals surface area contributed by atoms with Crippen LogP contribution in [0.5, 0.6) is 11.5 Å². The van der Waals surface area contributed by atoms with Gasteiger partial charge in [0.2, 0.25) is 0 Å². The second kappa shape index (κ2) is 11.5. The van der Waals surface area contributed by atoms with Gasteiger partial charge in [-0.15, -0.1) is 0 Å². The molecule has 0 bridgehead atoms. The molecular formula is C28H33N3O6. The second-order valence-corrected chi connectivity index (χ2v) is 8.93. The van der Waals surface area contributed by atoms with Crippen LogP contribution in [0.2, 0.25) is 0 Å². The number of hydrogen-bond acceptors (Lipinski definition) is 7. The van der Waals surface area contributed by atoms with E-state index in [2.05, 4.69) is 11.9 Å². The molecule has 0 aliphatic carbocycles. The molecule has 1 aliphatic heterocycles. The van der Waals surface area contributed by atoms with Gasteiger partial charge in [0, 0.05) is 26.5 Å². The van der Waals surface area contributed by atoms with Crippen LogP contribution in [0.1, 0.15) is 49.2 Å². The summed E-state index contributed by atoms with van der Waals surface area (Å²) in [6.07, 6.45) is 4.20. The maximum atomic E-state index is 13.4. The van der Waals surface area contributed by atoms with Crippen molar-refractivity contribution in [3.8, 4) is 11.5 Å². The molecule has 0 saturated carbocycles. The van der Waals surface area contributed by atoms with Crippen molar-refractivity contribution in [3.05, 3.63) is 65.1 Å². The fourth-order valence-electron chi connectivity index (χ4n) is 4.66. The third-order valence-corrected chi connectivity index (χ3v) is 6.47. The molecule has 9 nitrogen and oxygen atoms in total. The smallest absolute Gasteiger partial charge is 0.295 e. The van der Waals surface area contributed by atoms with Gasteiger partial charge in [0.1, 0.15) is 11.3 Å². The molecule has 9 heteroatoms. The van der Waals surface area contributed by atoms with Crippen LogP contribution in [0.4, 0.5) is 0 Å². The fraction of sp³-hybridized carbons (Fsp3) is 0.393. The number of aliphatic hydroxyl groups is 1. The minimum absolute atomic E-state index is 0.0119. The Labute approximate surface area is 216 Å². The van der Waals surface area contributed by atoms with E-state index in [0.717, 1.165) is 12.8 Å². The van der Waals surface area contributed by atoms with Crippen LogP contribution in [0.25, 0.3) is 11.4 Å². The number of unbranched alkanes of at least 4 members (excludes halogenated alkanes) is 1. The van der Waals surface area contributed by atoms with Crippen LogP contribution in [0.3, 0.4) is 0 Å². The number of amides is 1. The molecule has 1 fully saturated rings. The molecule has 1 amide bonds. The van der Waals surface area contributed by atoms with Gasteiger partial charge in [0.25, 0.3) is 11.7 Å². The van der Waals surface area contributed by atoms with Gasteiger partial charge in [0.15, 0.2) is 17.3 Å². The normalized spacial score (nSPS) is 17.1. The van der Waals surface area contributed by atoms with Gasteiger partial charge in [0.05, 0.1) is 31.0 Å². The summed E-state index contributed by atoms with van der Waals surface area (Å²) in [5.41, 5.74) is 2.19. The first-order valence-electron chi connectivity index (χ1n) is 12.4. The number of pyridine rings is 1. The van der Waals surface area contributed by atoms with E-state index in [1.807, 2.05) is 18.2 Å². The Bertz CT molecular complexity index is 1330. The number of nitrogens with zero attached hydrogens (tertiary/aromatic N) is 3. The molecule has 3 heterocycles. The molecule has 3 aromatic rings. The molecule has 1 aliphatic rings. The zero-order chi connectivity index (χ0) is 26.5. The highest BCUT2D eigenvalue weighted by Crippen LogP contribution is 2.42. The molecule has 0 radical (unpaired) electrons. The minimum Gasteiger partial charge on any atom is -0.505 e. The Hall–Kier alpha value is -3.85. The number of likely N-dealkylation sites (tertiary alicyclic amines) is 1. The van der Waals surface area contributed by atoms with Crippen LogP contribution >= 0.6 is 0 Å². The Morgan fingerprint density at radius 3 is 2.62 bits per heavy atom. The van der Waals surface area contributed by atoms with E-state index in [0.29, 0.717) is 53.7 Å². The largest absolute Gasteiger partial charge is 0.505 e. The van der Waals surface area contributed by atoms with Gasteiger partial charge in [-0.1, -0.05) is 25.5 Å². The number of aromatic nitrogens is 2. The number of ether oxygens (including phenoxy) is 3. The van der Waals surface area contributed by atoms with Crippen molar-refractivity contribution < 1.29 is 28.9 Å². The Kier molecular flexibility index (Phi) is 8.13. The number of benzene rings is 1. The molecule has 37 heavy (non-hydrogen) atoms. The summed E-state index contributed by atoms with van der Waals surface area (Å²) in [6, 6.07) is 9.99. The number of carbonyl (C=O) groups excluding carboxylic acids is 2. The molecule has 1 atom stereocenters. The number of fused-ring (bicyclic) bond motifs is 1. The summed E-state index contributed by atoms with van der Waals surface area (Å²) in [7, 11) is 3.13. The zero-order valence-electron chi connectivity index (χ0n) is 21.7. The van der Waals surface area contributed by atoms with E-state index >= 15 is 0 Å². The summed E-state index contributed by atoms with van der Waals surface area (Å²) in [4.78, 5) is 32.6. The maximum Gasteiger partial charge on any atom is 0.295 e. The van der Waals surface area contributed by atoms with Crippen molar-refractivity contribution >= 4 is 23.1 Å². The standard InChI is InChI=1S/C28H33N3O6/c1-5-6-16-37-20-12-11-19(17-21(20)36-4)25-23(27(33)28(34)31(25)14-9-15-35-3)26(32)24-18(2)29-22-10-7-8-13-30(22)24/h7-8,10-13,17,25,32H,5-6,9,14-16H2,1-4H3/b26-23+. The van der Waals surface area contributed by atoms with E-state index in [1.54, 1.807) is 49.9 Å². The number of hydrogen-bond donors (Lipinski definition) is 1. The number of methoxy groups -OCH3 is 2. The maximum absolute atomic E-state index is 13.4. The first kappa shape index (κ1) is 26.2. The predicted octanol–water partition coefficient (Wildman–Crippen LogP) is 4.29. The number of ketones is 1. The summed E-state index contributed by atoms with van der Waals surface area (Å²) in [5, 5.41) is 11.6. The predicted molar refractivity (Wildman–Crippen MR) is 139 cm³/mol. The Morgan fingerprint density at radius 2 is 1.89 bits per heavy atom. The second-order valence-electron chi connectivity index (χ2n) is 8.93. The number of imidazole rings is 1. The first-order chi connectivity index (χ1) is 17.9. The van der Waals surface area contributed by atoms with Crippen molar-refractivity contribution in [2.24, 2.45) is 0 Å². The van der Waals surface area contributed by atoms with Gasteiger partial charge in [-0.3, -0.25) is 14.0 Å². The Morgan fingerprint density at radius 1 is 1.08 bits per heavy atom. The van der Waals surface area contributed by atoms with Crippen LogP contribution in [-0.2, 0) is 14.3 Å². The van der Waals surface area contributed by atoms with Crippen molar-refractivity contribution in [2.75, 3.05) is 34.0 Å². The first-order valence-corrected chi connectivity index (χ1v) is 12.4. The molecule has 1 aromatic carbocycles. The van der Waals surface area contributed by atoms with Crippen LogP contribution in [0, 0.1) is 6.92 Å². The number of carbonyl (C=O) groups is 2. The highest BCUT2D eigenvalue weighted by atomic mass is 16.5. The molecule has 1 saturated heterocycles. The van der Waals surface area contributed by atoms with Crippen molar-refractivity contribution in [2.45, 2.75) is 39.2 Å². The summed E-state index contributed by atoms with van der Waals surface area (Å²) < 4.78 is 18.3. The highest BCUT2D eigenvalue weighted by molar-refractivity contribution is 6.46. The average molecular weight is 508 g/mol. The van der Waals surface area contributed by atoms with E-state index in [9.17, 15) is 14.7 Å².